The maximum atomic E-state index is 4.93. The Hall–Kier alpha value is -0.657. The van der Waals surface area contributed by atoms with Crippen LogP contribution in [-0.4, -0.2) is 0 Å². The fourth-order valence-corrected chi connectivity index (χ4v) is 2.78. The quantitative estimate of drug-likeness (QED) is 0.227. The molecular weight excluding hydrogens is 494 g/mol. The van der Waals surface area contributed by atoms with Crippen LogP contribution >= 0.6 is 33.0 Å². The van der Waals surface area contributed by atoms with Crippen molar-refractivity contribution in [1.82, 2.24) is 0 Å². The van der Waals surface area contributed by atoms with Gasteiger partial charge < -0.3 is 0 Å². The van der Waals surface area contributed by atoms with E-state index in [1.807, 2.05) is 0 Å². The molecule has 0 heterocycles. The molecule has 4 aromatic carbocycles. The van der Waals surface area contributed by atoms with Crippen LogP contribution in [0.5, 0.6) is 0 Å². The molecule has 0 aliphatic heterocycles. The first kappa shape index (κ1) is 20.7. The monoisotopic (exact) mass is 508 g/mol. The molecule has 0 atom stereocenters. The van der Waals surface area contributed by atoms with E-state index in [0.717, 1.165) is 4.47 Å². The third-order valence-corrected chi connectivity index (χ3v) is 4.13. The third kappa shape index (κ3) is 6.87. The van der Waals surface area contributed by atoms with Crippen molar-refractivity contribution in [2.75, 3.05) is 0 Å². The van der Waals surface area contributed by atoms with Gasteiger partial charge in [0.2, 0.25) is 0 Å². The Balaban J connectivity index is 0.000000158. The fraction of sp³-hybridized carbons (Fsp3) is 0.0476. The van der Waals surface area contributed by atoms with Gasteiger partial charge in [-0.2, -0.15) is 29.8 Å². The van der Waals surface area contributed by atoms with Gasteiger partial charge in [-0.15, -0.1) is 40.6 Å². The molecule has 4 aromatic rings. The molecule has 0 fully saturated rings. The average molecular weight is 511 g/mol. The van der Waals surface area contributed by atoms with Crippen LogP contribution in [0.1, 0.15) is 5.56 Å². The van der Waals surface area contributed by atoms with Crippen LogP contribution in [-0.2, 0) is 20.8 Å². The molecule has 0 saturated carbocycles. The van der Waals surface area contributed by atoms with Crippen LogP contribution in [0, 0.1) is 6.92 Å². The van der Waals surface area contributed by atoms with E-state index in [0.29, 0.717) is 0 Å². The molecule has 0 amide bonds. The second kappa shape index (κ2) is 11.1. The van der Waals surface area contributed by atoms with E-state index in [9.17, 15) is 0 Å². The fourth-order valence-electron chi connectivity index (χ4n) is 2.51. The van der Waals surface area contributed by atoms with Crippen LogP contribution in [0.3, 0.4) is 0 Å². The van der Waals surface area contributed by atoms with Crippen molar-refractivity contribution in [3.63, 3.8) is 0 Å². The van der Waals surface area contributed by atoms with E-state index < -0.39 is 20.8 Å². The summed E-state index contributed by atoms with van der Waals surface area (Å²) in [7, 11) is 9.87. The molecule has 4 rings (SSSR count). The van der Waals surface area contributed by atoms with Gasteiger partial charge in [0, 0.05) is 4.47 Å². The zero-order valence-electron chi connectivity index (χ0n) is 13.7. The van der Waals surface area contributed by atoms with Crippen LogP contribution in [0.15, 0.2) is 89.4 Å². The molecule has 0 bridgehead atoms. The summed E-state index contributed by atoms with van der Waals surface area (Å²) in [5.74, 6) is 0. The van der Waals surface area contributed by atoms with E-state index in [1.54, 1.807) is 0 Å². The van der Waals surface area contributed by atoms with Crippen molar-refractivity contribution < 1.29 is 20.8 Å². The Morgan fingerprint density at radius 2 is 1.60 bits per heavy atom. The number of benzene rings is 2. The molecule has 0 saturated heterocycles. The molecule has 0 radical (unpaired) electrons. The number of hydrogen-bond donors (Lipinski definition) is 0. The molecule has 0 spiro atoms. The normalized spacial score (nSPS) is 9.44. The van der Waals surface area contributed by atoms with Gasteiger partial charge in [-0.3, -0.25) is 0 Å². The summed E-state index contributed by atoms with van der Waals surface area (Å²) in [6.07, 6.45) is 0. The summed E-state index contributed by atoms with van der Waals surface area (Å²) >= 11 is 2.58. The molecule has 0 aromatic heterocycles. The van der Waals surface area contributed by atoms with E-state index in [-0.39, 0.29) is 0 Å². The van der Waals surface area contributed by atoms with Crippen LogP contribution in [0.2, 0.25) is 0 Å². The van der Waals surface area contributed by atoms with Crippen LogP contribution < -0.4 is 0 Å². The van der Waals surface area contributed by atoms with Crippen LogP contribution in [0.4, 0.5) is 0 Å². The molecule has 0 aliphatic carbocycles. The number of rotatable bonds is 1. The van der Waals surface area contributed by atoms with E-state index >= 15 is 0 Å². The minimum absolute atomic E-state index is 0.826. The Bertz CT molecular complexity index is 831. The molecule has 0 nitrogen and oxygen atoms in total. The Morgan fingerprint density at radius 1 is 0.920 bits per heavy atom. The van der Waals surface area contributed by atoms with Gasteiger partial charge in [0.25, 0.3) is 0 Å². The Morgan fingerprint density at radius 3 is 2.20 bits per heavy atom. The summed E-state index contributed by atoms with van der Waals surface area (Å²) in [6, 6.07) is 29.5. The van der Waals surface area contributed by atoms with Gasteiger partial charge in [-0.1, -0.05) is 46.6 Å². The summed E-state index contributed by atoms with van der Waals surface area (Å²) in [5, 5.41) is 2.69. The van der Waals surface area contributed by atoms with Gasteiger partial charge in [-0.05, 0) is 12.1 Å². The van der Waals surface area contributed by atoms with Crippen molar-refractivity contribution in [2.45, 2.75) is 6.92 Å². The number of halogens is 3. The summed E-state index contributed by atoms with van der Waals surface area (Å²) in [6.45, 7) is 2.12. The first-order valence-electron chi connectivity index (χ1n) is 7.70. The predicted octanol–water partition coefficient (Wildman–Crippen LogP) is 8.08. The third-order valence-electron chi connectivity index (χ3n) is 3.60. The standard InChI is InChI=1S/C11H8Br.C10H9.2ClH.Zr/c12-11-7-5-10(6-8-11)9-3-1-2-4-9;1-8-6-9-4-2-3-5-10(9)7-8;;;/h1-8H;2-7H,1H3;2*1H;/q2*-1;;;+4/p-2. The van der Waals surface area contributed by atoms with Crippen molar-refractivity contribution in [2.24, 2.45) is 0 Å². The summed E-state index contributed by atoms with van der Waals surface area (Å²) < 4.78 is 1.12. The number of aryl methyl sites for hydroxylation is 1. The van der Waals surface area contributed by atoms with Gasteiger partial charge in [0.1, 0.15) is 0 Å². The molecule has 0 N–H and O–H groups in total. The topological polar surface area (TPSA) is 0 Å². The van der Waals surface area contributed by atoms with Crippen molar-refractivity contribution >= 4 is 43.7 Å². The van der Waals surface area contributed by atoms with Crippen molar-refractivity contribution in [1.29, 1.82) is 0 Å². The zero-order chi connectivity index (χ0) is 18.1. The minimum atomic E-state index is -0.826. The first-order chi connectivity index (χ1) is 12.1. The summed E-state index contributed by atoms with van der Waals surface area (Å²) in [4.78, 5) is 0. The van der Waals surface area contributed by atoms with Gasteiger partial charge in [0.05, 0.1) is 0 Å². The molecule has 25 heavy (non-hydrogen) atoms. The predicted molar refractivity (Wildman–Crippen MR) is 111 cm³/mol. The zero-order valence-corrected chi connectivity index (χ0v) is 19.3. The van der Waals surface area contributed by atoms with Crippen molar-refractivity contribution in [3.05, 3.63) is 95.0 Å². The van der Waals surface area contributed by atoms with E-state index in [1.165, 1.54) is 27.5 Å². The number of hydrogen-bond acceptors (Lipinski definition) is 0. The second-order valence-electron chi connectivity index (χ2n) is 5.41. The molecular formula is C21H17BrCl2Zr. The van der Waals surface area contributed by atoms with Gasteiger partial charge in [0.15, 0.2) is 0 Å². The molecule has 0 unspecified atom stereocenters. The Kier molecular flexibility index (Phi) is 9.20. The Labute approximate surface area is 176 Å². The van der Waals surface area contributed by atoms with E-state index in [2.05, 4.69) is 108 Å². The summed E-state index contributed by atoms with van der Waals surface area (Å²) in [5.41, 5.74) is 3.90. The van der Waals surface area contributed by atoms with Gasteiger partial charge >= 0.3 is 37.9 Å². The molecule has 126 valence electrons. The maximum absolute atomic E-state index is 4.93. The SMILES string of the molecule is Brc1ccc(-c2cc[cH-]c2)cc1.Cc1cc2ccccc2[cH-]1.[Cl][Zr+2][Cl]. The first-order valence-corrected chi connectivity index (χ1v) is 14.8. The van der Waals surface area contributed by atoms with Crippen molar-refractivity contribution in [3.8, 4) is 11.1 Å². The molecule has 0 aliphatic rings. The van der Waals surface area contributed by atoms with Gasteiger partial charge in [-0.25, -0.2) is 6.07 Å². The van der Waals surface area contributed by atoms with Crippen LogP contribution in [0.25, 0.3) is 21.9 Å². The van der Waals surface area contributed by atoms with E-state index in [4.69, 9.17) is 17.0 Å². The average Bonchev–Trinajstić information content (AvgIpc) is 3.25. The number of fused-ring (bicyclic) bond motifs is 1. The molecule has 4 heteroatoms. The second-order valence-corrected chi connectivity index (χ2v) is 10.1.